The number of likely N-dealkylation sites (N-methyl/N-ethyl adjacent to an activating group) is 2. The Morgan fingerprint density at radius 1 is 0.500 bits per heavy atom. The monoisotopic (exact) mass is 699 g/mol. The number of carbonyl (C=O) groups excluding carboxylic acids is 2. The summed E-state index contributed by atoms with van der Waals surface area (Å²) in [5.41, 5.74) is 0. The molecule has 0 aliphatic heterocycles. The standard InChI is InChI=1S/C37H76N2O5.2ClH/c1-7-9-11-13-15-17-18-20-22-24-26-28-37(42)44-32-30-39(5,6)34-35(40)33-38(3,4)29-31-43-36(41)27-25-23-21-19-16-14-12-10-8-2;;/h35,40H,7-34H2,1-6H3;2*1H/q+2;;/p-2. The number of hydrogen-bond acceptors (Lipinski definition) is 5. The average molecular weight is 700 g/mol. The highest BCUT2D eigenvalue weighted by atomic mass is 35.5. The zero-order valence-electron chi connectivity index (χ0n) is 31.1. The fourth-order valence-electron chi connectivity index (χ4n) is 5.85. The number of carbonyl (C=O) groups is 2. The maximum Gasteiger partial charge on any atom is 0.305 e. The molecule has 0 spiro atoms. The molecule has 46 heavy (non-hydrogen) atoms. The lowest BCUT2D eigenvalue weighted by Crippen LogP contribution is -3.00. The van der Waals surface area contributed by atoms with Crippen LogP contribution in [0.2, 0.25) is 0 Å². The third kappa shape index (κ3) is 34.7. The number of aliphatic hydroxyl groups is 1. The van der Waals surface area contributed by atoms with Gasteiger partial charge in [0, 0.05) is 12.8 Å². The quantitative estimate of drug-likeness (QED) is 0.0663. The van der Waals surface area contributed by atoms with Crippen molar-refractivity contribution < 1.29 is 57.9 Å². The minimum absolute atomic E-state index is 0. The fraction of sp³-hybridized carbons (Fsp3) is 0.946. The zero-order valence-corrected chi connectivity index (χ0v) is 32.6. The Labute approximate surface area is 297 Å². The number of aliphatic hydroxyl groups excluding tert-OH is 1. The molecule has 0 heterocycles. The van der Waals surface area contributed by atoms with Gasteiger partial charge in [0.05, 0.1) is 28.2 Å². The Morgan fingerprint density at radius 2 is 0.761 bits per heavy atom. The van der Waals surface area contributed by atoms with Crippen molar-refractivity contribution in [1.82, 2.24) is 0 Å². The fourth-order valence-corrected chi connectivity index (χ4v) is 5.85. The molecular formula is C37H76Cl2N2O5. The molecule has 278 valence electrons. The first-order valence-electron chi connectivity index (χ1n) is 18.6. The Kier molecular flexibility index (Phi) is 35.6. The molecule has 0 radical (unpaired) electrons. The van der Waals surface area contributed by atoms with Gasteiger partial charge in [-0.15, -0.1) is 0 Å². The molecule has 9 heteroatoms. The van der Waals surface area contributed by atoms with Crippen molar-refractivity contribution in [2.24, 2.45) is 0 Å². The van der Waals surface area contributed by atoms with Crippen molar-refractivity contribution in [3.05, 3.63) is 0 Å². The maximum absolute atomic E-state index is 12.2. The Bertz CT molecular complexity index is 695. The molecular weight excluding hydrogens is 623 g/mol. The van der Waals surface area contributed by atoms with Crippen molar-refractivity contribution in [1.29, 1.82) is 0 Å². The molecule has 0 aromatic heterocycles. The number of esters is 2. The molecule has 0 aliphatic rings. The van der Waals surface area contributed by atoms with E-state index in [2.05, 4.69) is 42.0 Å². The van der Waals surface area contributed by atoms with Crippen LogP contribution in [-0.4, -0.2) is 99.7 Å². The van der Waals surface area contributed by atoms with Crippen LogP contribution in [-0.2, 0) is 19.1 Å². The lowest BCUT2D eigenvalue weighted by Gasteiger charge is -2.35. The van der Waals surface area contributed by atoms with Gasteiger partial charge in [-0.1, -0.05) is 129 Å². The molecule has 0 saturated heterocycles. The van der Waals surface area contributed by atoms with Crippen LogP contribution in [0.4, 0.5) is 0 Å². The van der Waals surface area contributed by atoms with E-state index >= 15 is 0 Å². The molecule has 0 rings (SSSR count). The highest BCUT2D eigenvalue weighted by molar-refractivity contribution is 5.69. The predicted molar refractivity (Wildman–Crippen MR) is 185 cm³/mol. The Hall–Kier alpha value is -0.600. The Balaban J connectivity index is -0.00000924. The Morgan fingerprint density at radius 3 is 1.04 bits per heavy atom. The number of nitrogens with zero attached hydrogens (tertiary/aromatic N) is 2. The molecule has 0 aromatic rings. The summed E-state index contributed by atoms with van der Waals surface area (Å²) < 4.78 is 12.2. The molecule has 0 amide bonds. The van der Waals surface area contributed by atoms with Crippen molar-refractivity contribution in [3.63, 3.8) is 0 Å². The summed E-state index contributed by atoms with van der Waals surface area (Å²) in [6, 6.07) is 0. The first-order chi connectivity index (χ1) is 21.0. The summed E-state index contributed by atoms with van der Waals surface area (Å²) in [5, 5.41) is 10.8. The third-order valence-electron chi connectivity index (χ3n) is 8.80. The van der Waals surface area contributed by atoms with E-state index in [0.29, 0.717) is 61.2 Å². The first kappa shape index (κ1) is 49.8. The second-order valence-electron chi connectivity index (χ2n) is 14.6. The number of ether oxygens (including phenoxy) is 2. The van der Waals surface area contributed by atoms with Gasteiger partial charge in [-0.25, -0.2) is 0 Å². The van der Waals surface area contributed by atoms with Gasteiger partial charge in [0.1, 0.15) is 39.4 Å². The number of hydrogen-bond donors (Lipinski definition) is 1. The van der Waals surface area contributed by atoms with Crippen LogP contribution < -0.4 is 24.8 Å². The molecule has 0 aliphatic carbocycles. The van der Waals surface area contributed by atoms with Gasteiger partial charge in [0.25, 0.3) is 0 Å². The van der Waals surface area contributed by atoms with Crippen molar-refractivity contribution in [2.75, 3.05) is 67.6 Å². The zero-order chi connectivity index (χ0) is 32.9. The molecule has 0 saturated carbocycles. The summed E-state index contributed by atoms with van der Waals surface area (Å²) in [5.74, 6) is -0.212. The van der Waals surface area contributed by atoms with Crippen LogP contribution in [0.1, 0.15) is 155 Å². The summed E-state index contributed by atoms with van der Waals surface area (Å²) in [7, 11) is 8.26. The maximum atomic E-state index is 12.2. The lowest BCUT2D eigenvalue weighted by molar-refractivity contribution is -0.914. The SMILES string of the molecule is CCCCCCCCCCCCCC(=O)OCC[N+](C)(C)CC(O)C[N+](C)(C)CCOC(=O)CCCCCCCCCCC.[Cl-].[Cl-]. The van der Waals surface area contributed by atoms with E-state index in [4.69, 9.17) is 9.47 Å². The van der Waals surface area contributed by atoms with Crippen molar-refractivity contribution in [3.8, 4) is 0 Å². The van der Waals surface area contributed by atoms with E-state index in [1.165, 1.54) is 103 Å². The molecule has 1 unspecified atom stereocenters. The van der Waals surface area contributed by atoms with E-state index in [-0.39, 0.29) is 36.8 Å². The molecule has 0 aromatic carbocycles. The van der Waals surface area contributed by atoms with Gasteiger partial charge in [-0.3, -0.25) is 9.59 Å². The number of halogens is 2. The van der Waals surface area contributed by atoms with Crippen LogP contribution in [0.3, 0.4) is 0 Å². The largest absolute Gasteiger partial charge is 1.00 e. The summed E-state index contributed by atoms with van der Waals surface area (Å²) in [6.07, 6.45) is 25.6. The molecule has 1 N–H and O–H groups in total. The number of unbranched alkanes of at least 4 members (excludes halogenated alkanes) is 18. The van der Waals surface area contributed by atoms with E-state index in [1.54, 1.807) is 0 Å². The second kappa shape index (κ2) is 32.9. The molecule has 1 atom stereocenters. The second-order valence-corrected chi connectivity index (χ2v) is 14.6. The smallest absolute Gasteiger partial charge is 0.305 e. The van der Waals surface area contributed by atoms with Crippen LogP contribution in [0.15, 0.2) is 0 Å². The molecule has 0 bridgehead atoms. The van der Waals surface area contributed by atoms with Crippen LogP contribution >= 0.6 is 0 Å². The van der Waals surface area contributed by atoms with Gasteiger partial charge in [-0.2, -0.15) is 0 Å². The normalized spacial score (nSPS) is 12.2. The summed E-state index contributed by atoms with van der Waals surface area (Å²) in [4.78, 5) is 24.3. The topological polar surface area (TPSA) is 72.8 Å². The molecule has 7 nitrogen and oxygen atoms in total. The van der Waals surface area contributed by atoms with Crippen LogP contribution in [0.25, 0.3) is 0 Å². The van der Waals surface area contributed by atoms with E-state index in [9.17, 15) is 14.7 Å². The summed E-state index contributed by atoms with van der Waals surface area (Å²) >= 11 is 0. The first-order valence-corrected chi connectivity index (χ1v) is 18.6. The van der Waals surface area contributed by atoms with Crippen molar-refractivity contribution >= 4 is 11.9 Å². The van der Waals surface area contributed by atoms with Gasteiger partial charge < -0.3 is 48.4 Å². The van der Waals surface area contributed by atoms with Gasteiger partial charge in [0.15, 0.2) is 6.10 Å². The van der Waals surface area contributed by atoms with Crippen molar-refractivity contribution in [2.45, 2.75) is 161 Å². The predicted octanol–water partition coefficient (Wildman–Crippen LogP) is 2.22. The van der Waals surface area contributed by atoms with E-state index in [1.807, 2.05) is 0 Å². The number of quaternary nitrogens is 2. The summed E-state index contributed by atoms with van der Waals surface area (Å²) in [6.45, 7) is 7.76. The third-order valence-corrected chi connectivity index (χ3v) is 8.80. The number of rotatable bonds is 32. The van der Waals surface area contributed by atoms with Crippen LogP contribution in [0.5, 0.6) is 0 Å². The van der Waals surface area contributed by atoms with Gasteiger partial charge >= 0.3 is 11.9 Å². The minimum Gasteiger partial charge on any atom is -1.00 e. The van der Waals surface area contributed by atoms with E-state index < -0.39 is 6.10 Å². The van der Waals surface area contributed by atoms with Gasteiger partial charge in [-0.05, 0) is 12.8 Å². The molecule has 0 fully saturated rings. The van der Waals surface area contributed by atoms with Crippen LogP contribution in [0, 0.1) is 0 Å². The lowest BCUT2D eigenvalue weighted by atomic mass is 10.1. The van der Waals surface area contributed by atoms with Gasteiger partial charge in [0.2, 0.25) is 0 Å². The highest BCUT2D eigenvalue weighted by Gasteiger charge is 2.27. The highest BCUT2D eigenvalue weighted by Crippen LogP contribution is 2.13. The minimum atomic E-state index is -0.496. The average Bonchev–Trinajstić information content (AvgIpc) is 2.94. The van der Waals surface area contributed by atoms with E-state index in [0.717, 1.165) is 25.7 Å².